The van der Waals surface area contributed by atoms with E-state index in [1.54, 1.807) is 7.05 Å². The van der Waals surface area contributed by atoms with E-state index in [0.29, 0.717) is 16.7 Å². The lowest BCUT2D eigenvalue weighted by atomic mass is 10.4. The lowest BCUT2D eigenvalue weighted by Crippen LogP contribution is -2.41. The van der Waals surface area contributed by atoms with Gasteiger partial charge < -0.3 is 20.1 Å². The van der Waals surface area contributed by atoms with E-state index < -0.39 is 0 Å². The van der Waals surface area contributed by atoms with Gasteiger partial charge in [0.2, 0.25) is 0 Å². The van der Waals surface area contributed by atoms with Crippen molar-refractivity contribution in [2.24, 2.45) is 12.0 Å². The van der Waals surface area contributed by atoms with Crippen molar-refractivity contribution in [2.75, 3.05) is 33.2 Å². The monoisotopic (exact) mass is 333 g/mol. The SMILES string of the molecule is CCN(CC)CCNC(=NC)NCc1cc(Cl)c(Cl)n1C. The Kier molecular flexibility index (Phi) is 7.93. The van der Waals surface area contributed by atoms with Crippen LogP contribution in [-0.2, 0) is 13.6 Å². The summed E-state index contributed by atoms with van der Waals surface area (Å²) in [7, 11) is 3.65. The number of halogens is 2. The molecular formula is C14H25Cl2N5. The Morgan fingerprint density at radius 2 is 1.95 bits per heavy atom. The summed E-state index contributed by atoms with van der Waals surface area (Å²) in [4.78, 5) is 6.57. The van der Waals surface area contributed by atoms with Crippen molar-refractivity contribution >= 4 is 29.2 Å². The second-order valence-electron chi connectivity index (χ2n) is 4.71. The van der Waals surface area contributed by atoms with Crippen LogP contribution in [0.2, 0.25) is 10.2 Å². The minimum absolute atomic E-state index is 0.554. The van der Waals surface area contributed by atoms with Crippen LogP contribution in [0.4, 0.5) is 0 Å². The van der Waals surface area contributed by atoms with Crippen molar-refractivity contribution in [1.29, 1.82) is 0 Å². The van der Waals surface area contributed by atoms with Crippen molar-refractivity contribution in [3.63, 3.8) is 0 Å². The number of rotatable bonds is 7. The van der Waals surface area contributed by atoms with E-state index in [1.807, 2.05) is 17.7 Å². The van der Waals surface area contributed by atoms with Gasteiger partial charge in [-0.25, -0.2) is 0 Å². The second kappa shape index (κ2) is 9.18. The summed E-state index contributed by atoms with van der Waals surface area (Å²) in [5.74, 6) is 0.774. The predicted molar refractivity (Wildman–Crippen MR) is 91.4 cm³/mol. The molecule has 0 spiro atoms. The van der Waals surface area contributed by atoms with Crippen molar-refractivity contribution in [2.45, 2.75) is 20.4 Å². The van der Waals surface area contributed by atoms with E-state index >= 15 is 0 Å². The smallest absolute Gasteiger partial charge is 0.191 e. The molecule has 0 aliphatic carbocycles. The molecule has 0 aliphatic rings. The fraction of sp³-hybridized carbons (Fsp3) is 0.643. The molecule has 0 unspecified atom stereocenters. The Morgan fingerprint density at radius 3 is 2.43 bits per heavy atom. The highest BCUT2D eigenvalue weighted by Crippen LogP contribution is 2.24. The van der Waals surface area contributed by atoms with Crippen LogP contribution in [0.15, 0.2) is 11.1 Å². The van der Waals surface area contributed by atoms with Gasteiger partial charge in [0.25, 0.3) is 0 Å². The topological polar surface area (TPSA) is 44.6 Å². The summed E-state index contributed by atoms with van der Waals surface area (Å²) in [6.07, 6.45) is 0. The number of hydrogen-bond acceptors (Lipinski definition) is 2. The molecule has 0 radical (unpaired) electrons. The summed E-state index contributed by atoms with van der Waals surface area (Å²) in [6, 6.07) is 1.86. The molecule has 1 aromatic heterocycles. The first-order valence-electron chi connectivity index (χ1n) is 7.19. The molecule has 5 nitrogen and oxygen atoms in total. The normalized spacial score (nSPS) is 12.0. The Hall–Kier alpha value is -0.910. The van der Waals surface area contributed by atoms with Gasteiger partial charge in [0.05, 0.1) is 11.6 Å². The van der Waals surface area contributed by atoms with E-state index in [-0.39, 0.29) is 0 Å². The van der Waals surface area contributed by atoms with Crippen LogP contribution >= 0.6 is 23.2 Å². The molecule has 7 heteroatoms. The maximum absolute atomic E-state index is 6.05. The van der Waals surface area contributed by atoms with Crippen molar-refractivity contribution in [3.8, 4) is 0 Å². The van der Waals surface area contributed by atoms with E-state index in [2.05, 4.69) is 34.4 Å². The first-order valence-corrected chi connectivity index (χ1v) is 7.95. The zero-order valence-electron chi connectivity index (χ0n) is 13.2. The van der Waals surface area contributed by atoms with E-state index in [0.717, 1.165) is 37.8 Å². The zero-order chi connectivity index (χ0) is 15.8. The van der Waals surface area contributed by atoms with E-state index in [1.165, 1.54) is 0 Å². The fourth-order valence-corrected chi connectivity index (χ4v) is 2.44. The van der Waals surface area contributed by atoms with Crippen LogP contribution in [0, 0.1) is 0 Å². The highest BCUT2D eigenvalue weighted by atomic mass is 35.5. The van der Waals surface area contributed by atoms with Gasteiger partial charge >= 0.3 is 0 Å². The lowest BCUT2D eigenvalue weighted by Gasteiger charge is -2.19. The average Bonchev–Trinajstić information content (AvgIpc) is 2.74. The molecule has 0 atom stereocenters. The van der Waals surface area contributed by atoms with E-state index in [4.69, 9.17) is 23.2 Å². The third kappa shape index (κ3) is 5.41. The van der Waals surface area contributed by atoms with Gasteiger partial charge in [-0.1, -0.05) is 37.0 Å². The minimum Gasteiger partial charge on any atom is -0.355 e. The molecule has 0 fully saturated rings. The van der Waals surface area contributed by atoms with Crippen LogP contribution in [0.3, 0.4) is 0 Å². The molecule has 1 rings (SSSR count). The maximum Gasteiger partial charge on any atom is 0.191 e. The lowest BCUT2D eigenvalue weighted by molar-refractivity contribution is 0.308. The molecule has 0 aliphatic heterocycles. The Morgan fingerprint density at radius 1 is 1.29 bits per heavy atom. The summed E-state index contributed by atoms with van der Waals surface area (Å²) >= 11 is 12.1. The van der Waals surface area contributed by atoms with Gasteiger partial charge in [-0.15, -0.1) is 0 Å². The quantitative estimate of drug-likeness (QED) is 0.594. The Balaban J connectivity index is 2.43. The zero-order valence-corrected chi connectivity index (χ0v) is 14.7. The highest BCUT2D eigenvalue weighted by Gasteiger charge is 2.09. The van der Waals surface area contributed by atoms with Crippen molar-refractivity contribution in [3.05, 3.63) is 21.9 Å². The first kappa shape index (κ1) is 18.1. The number of aromatic nitrogens is 1. The molecule has 0 saturated carbocycles. The fourth-order valence-electron chi connectivity index (χ4n) is 2.03. The molecule has 2 N–H and O–H groups in total. The van der Waals surface area contributed by atoms with Crippen LogP contribution in [-0.4, -0.2) is 48.7 Å². The van der Waals surface area contributed by atoms with Crippen LogP contribution in [0.25, 0.3) is 0 Å². The standard InChI is InChI=1S/C14H25Cl2N5/c1-5-21(6-2)8-7-18-14(17-3)19-10-11-9-12(15)13(16)20(11)4/h9H,5-8,10H2,1-4H3,(H2,17,18,19). The van der Waals surface area contributed by atoms with Gasteiger partial charge in [-0.05, 0) is 19.2 Å². The molecule has 120 valence electrons. The van der Waals surface area contributed by atoms with E-state index in [9.17, 15) is 0 Å². The number of aliphatic imine (C=N–C) groups is 1. The van der Waals surface area contributed by atoms with Gasteiger partial charge in [0.1, 0.15) is 5.15 Å². The second-order valence-corrected chi connectivity index (χ2v) is 5.48. The summed E-state index contributed by atoms with van der Waals surface area (Å²) < 4.78 is 1.86. The largest absolute Gasteiger partial charge is 0.355 e. The Bertz CT molecular complexity index is 466. The molecule has 0 saturated heterocycles. The van der Waals surface area contributed by atoms with Gasteiger partial charge in [-0.3, -0.25) is 4.99 Å². The summed E-state index contributed by atoms with van der Waals surface area (Å²) in [5.41, 5.74) is 1.01. The third-order valence-corrected chi connectivity index (χ3v) is 4.33. The van der Waals surface area contributed by atoms with Crippen LogP contribution in [0.5, 0.6) is 0 Å². The number of nitrogens with zero attached hydrogens (tertiary/aromatic N) is 3. The number of likely N-dealkylation sites (N-methyl/N-ethyl adjacent to an activating group) is 1. The summed E-state index contributed by atoms with van der Waals surface area (Å²) in [5, 5.41) is 7.68. The van der Waals surface area contributed by atoms with Gasteiger partial charge in [0, 0.05) is 32.9 Å². The maximum atomic E-state index is 6.05. The highest BCUT2D eigenvalue weighted by molar-refractivity contribution is 6.41. The summed E-state index contributed by atoms with van der Waals surface area (Å²) in [6.45, 7) is 8.92. The molecule has 21 heavy (non-hydrogen) atoms. The van der Waals surface area contributed by atoms with Crippen molar-refractivity contribution < 1.29 is 0 Å². The predicted octanol–water partition coefficient (Wildman–Crippen LogP) is 2.34. The van der Waals surface area contributed by atoms with Gasteiger partial charge in [-0.2, -0.15) is 0 Å². The molecule has 1 aromatic rings. The molecule has 0 bridgehead atoms. The number of hydrogen-bond donors (Lipinski definition) is 2. The van der Waals surface area contributed by atoms with Crippen LogP contribution in [0.1, 0.15) is 19.5 Å². The first-order chi connectivity index (χ1) is 10.0. The minimum atomic E-state index is 0.554. The van der Waals surface area contributed by atoms with Crippen molar-refractivity contribution in [1.82, 2.24) is 20.1 Å². The number of guanidine groups is 1. The Labute approximate surface area is 137 Å². The van der Waals surface area contributed by atoms with Crippen LogP contribution < -0.4 is 10.6 Å². The molecular weight excluding hydrogens is 309 g/mol. The third-order valence-electron chi connectivity index (χ3n) is 3.49. The molecule has 0 aromatic carbocycles. The molecule has 1 heterocycles. The molecule has 0 amide bonds. The van der Waals surface area contributed by atoms with Gasteiger partial charge in [0.15, 0.2) is 5.96 Å². The number of nitrogens with one attached hydrogen (secondary N) is 2. The average molecular weight is 334 g/mol.